The summed E-state index contributed by atoms with van der Waals surface area (Å²) >= 11 is 5.83. The number of carbonyl (C=O) groups excluding carboxylic acids is 1. The number of benzene rings is 1. The van der Waals surface area contributed by atoms with Gasteiger partial charge in [-0.05, 0) is 11.3 Å². The molecule has 0 saturated carbocycles. The molecule has 1 aromatic heterocycles. The predicted molar refractivity (Wildman–Crippen MR) is 70.3 cm³/mol. The van der Waals surface area contributed by atoms with Crippen LogP contribution in [0.5, 0.6) is 0 Å². The molecule has 2 rings (SSSR count). The van der Waals surface area contributed by atoms with Crippen LogP contribution in [0.3, 0.4) is 0 Å². The fraction of sp³-hybridized carbons (Fsp3) is 0. The molecule has 0 fully saturated rings. The Balaban J connectivity index is 2.26. The number of hydrogen-bond acceptors (Lipinski definition) is 6. The summed E-state index contributed by atoms with van der Waals surface area (Å²) in [7, 11) is 0. The summed E-state index contributed by atoms with van der Waals surface area (Å²) in [6.07, 6.45) is 1.28. The third kappa shape index (κ3) is 2.78. The monoisotopic (exact) mass is 294 g/mol. The van der Waals surface area contributed by atoms with Gasteiger partial charge in [0.05, 0.1) is 15.5 Å². The van der Waals surface area contributed by atoms with Gasteiger partial charge < -0.3 is 0 Å². The third-order valence-electron chi connectivity index (χ3n) is 2.22. The highest BCUT2D eigenvalue weighted by Crippen LogP contribution is 2.22. The van der Waals surface area contributed by atoms with E-state index in [4.69, 9.17) is 11.6 Å². The van der Waals surface area contributed by atoms with Crippen molar-refractivity contribution in [2.45, 2.75) is 0 Å². The van der Waals surface area contributed by atoms with Gasteiger partial charge >= 0.3 is 0 Å². The molecule has 102 valence electrons. The molecule has 0 unspecified atom stereocenters. The lowest BCUT2D eigenvalue weighted by Gasteiger charge is -2.03. The molecule has 10 heteroatoms. The molecular formula is C10H7ClN6O3. The molecule has 0 aliphatic carbocycles. The van der Waals surface area contributed by atoms with Crippen LogP contribution < -0.4 is 5.32 Å². The van der Waals surface area contributed by atoms with Crippen LogP contribution in [0.15, 0.2) is 24.8 Å². The first-order valence-electron chi connectivity index (χ1n) is 5.18. The molecule has 0 radical (unpaired) electrons. The van der Waals surface area contributed by atoms with Crippen LogP contribution in [0.1, 0.15) is 10.4 Å². The molecule has 1 heterocycles. The Morgan fingerprint density at radius 1 is 1.55 bits per heavy atom. The lowest BCUT2D eigenvalue weighted by Crippen LogP contribution is -2.14. The van der Waals surface area contributed by atoms with Gasteiger partial charge in [-0.3, -0.25) is 20.2 Å². The summed E-state index contributed by atoms with van der Waals surface area (Å²) in [5.74, 6) is -0.750. The first-order chi connectivity index (χ1) is 9.51. The second-order valence-electron chi connectivity index (χ2n) is 3.49. The van der Waals surface area contributed by atoms with Crippen molar-refractivity contribution in [3.63, 3.8) is 0 Å². The molecular weight excluding hydrogens is 288 g/mol. The van der Waals surface area contributed by atoms with Crippen molar-refractivity contribution in [2.24, 2.45) is 0 Å². The zero-order valence-electron chi connectivity index (χ0n) is 9.86. The molecule has 9 nitrogen and oxygen atoms in total. The van der Waals surface area contributed by atoms with E-state index in [1.807, 2.05) is 0 Å². The van der Waals surface area contributed by atoms with Gasteiger partial charge in [-0.25, -0.2) is 0 Å². The molecule has 1 amide bonds. The van der Waals surface area contributed by atoms with Crippen molar-refractivity contribution >= 4 is 35.3 Å². The Labute approximate surface area is 117 Å². The topological polar surface area (TPSA) is 116 Å². The normalized spacial score (nSPS) is 10.1. The van der Waals surface area contributed by atoms with Crippen molar-refractivity contribution in [1.82, 2.24) is 20.2 Å². The van der Waals surface area contributed by atoms with Gasteiger partial charge in [0.1, 0.15) is 0 Å². The summed E-state index contributed by atoms with van der Waals surface area (Å²) in [5.41, 5.74) is -0.307. The summed E-state index contributed by atoms with van der Waals surface area (Å²) in [4.78, 5) is 23.0. The van der Waals surface area contributed by atoms with E-state index >= 15 is 0 Å². The van der Waals surface area contributed by atoms with E-state index in [1.54, 1.807) is 0 Å². The molecule has 0 aliphatic rings. The zero-order chi connectivity index (χ0) is 14.7. The number of non-ortho nitro benzene ring substituents is 1. The van der Waals surface area contributed by atoms with Gasteiger partial charge in [0.25, 0.3) is 17.5 Å². The number of carbonyl (C=O) groups is 1. The van der Waals surface area contributed by atoms with Crippen LogP contribution in [-0.4, -0.2) is 31.0 Å². The second kappa shape index (κ2) is 5.45. The maximum atomic E-state index is 11.9. The van der Waals surface area contributed by atoms with Crippen LogP contribution in [0.2, 0.25) is 5.02 Å². The van der Waals surface area contributed by atoms with Crippen LogP contribution in [0.4, 0.5) is 11.6 Å². The Kier molecular flexibility index (Phi) is 3.71. The molecule has 0 spiro atoms. The lowest BCUT2D eigenvalue weighted by molar-refractivity contribution is -0.384. The first-order valence-corrected chi connectivity index (χ1v) is 5.56. The molecule has 20 heavy (non-hydrogen) atoms. The predicted octanol–water partition coefficient (Wildman–Crippen LogP) is 1.59. The minimum Gasteiger partial charge on any atom is -0.288 e. The number of anilines is 1. The number of tetrazole rings is 1. The van der Waals surface area contributed by atoms with Gasteiger partial charge in [0.15, 0.2) is 0 Å². The Hall–Kier alpha value is -2.81. The lowest BCUT2D eigenvalue weighted by atomic mass is 10.2. The van der Waals surface area contributed by atoms with Gasteiger partial charge in [-0.15, -0.1) is 9.90 Å². The van der Waals surface area contributed by atoms with Crippen LogP contribution >= 0.6 is 11.6 Å². The van der Waals surface area contributed by atoms with Crippen molar-refractivity contribution < 1.29 is 9.72 Å². The molecule has 0 aliphatic heterocycles. The van der Waals surface area contributed by atoms with Crippen LogP contribution in [0.25, 0.3) is 6.20 Å². The Bertz CT molecular complexity index is 698. The van der Waals surface area contributed by atoms with E-state index in [0.717, 1.165) is 10.9 Å². The van der Waals surface area contributed by atoms with E-state index < -0.39 is 10.8 Å². The summed E-state index contributed by atoms with van der Waals surface area (Å²) in [5, 5.41) is 23.9. The van der Waals surface area contributed by atoms with Gasteiger partial charge in [-0.2, -0.15) is 0 Å². The summed E-state index contributed by atoms with van der Waals surface area (Å²) in [6, 6.07) is 3.53. The highest BCUT2D eigenvalue weighted by Gasteiger charge is 2.17. The largest absolute Gasteiger partial charge is 0.288 e. The number of nitro groups is 1. The number of hydrogen-bond donors (Lipinski definition) is 1. The van der Waals surface area contributed by atoms with Crippen molar-refractivity contribution in [2.75, 3.05) is 5.32 Å². The number of nitrogens with one attached hydrogen (secondary N) is 1. The zero-order valence-corrected chi connectivity index (χ0v) is 10.6. The maximum Gasteiger partial charge on any atom is 0.270 e. The average molecular weight is 295 g/mol. The average Bonchev–Trinajstić information content (AvgIpc) is 2.86. The van der Waals surface area contributed by atoms with Crippen molar-refractivity contribution in [3.05, 3.63) is 45.5 Å². The number of nitro benzene ring substituents is 1. The van der Waals surface area contributed by atoms with E-state index in [1.165, 1.54) is 18.3 Å². The third-order valence-corrected chi connectivity index (χ3v) is 2.55. The molecule has 0 atom stereocenters. The van der Waals surface area contributed by atoms with Crippen molar-refractivity contribution in [3.8, 4) is 0 Å². The number of nitrogens with zero attached hydrogens (tertiary/aromatic N) is 5. The molecule has 0 bridgehead atoms. The minimum atomic E-state index is -0.678. The Morgan fingerprint density at radius 2 is 2.30 bits per heavy atom. The second-order valence-corrected chi connectivity index (χ2v) is 3.90. The molecule has 1 N–H and O–H groups in total. The number of amides is 1. The first kappa shape index (κ1) is 13.6. The summed E-state index contributed by atoms with van der Waals surface area (Å²) < 4.78 is 0. The molecule has 2 aromatic rings. The summed E-state index contributed by atoms with van der Waals surface area (Å²) in [6.45, 7) is 3.42. The van der Waals surface area contributed by atoms with Crippen LogP contribution in [0, 0.1) is 10.1 Å². The van der Waals surface area contributed by atoms with Gasteiger partial charge in [0, 0.05) is 18.3 Å². The maximum absolute atomic E-state index is 11.9. The van der Waals surface area contributed by atoms with E-state index in [9.17, 15) is 14.9 Å². The minimum absolute atomic E-state index is 0.0594. The highest BCUT2D eigenvalue weighted by molar-refractivity contribution is 6.34. The standard InChI is InChI=1S/C10H7ClN6O3/c1-2-16-14-10(13-15-16)12-9(18)7-5-6(17(19)20)3-4-8(7)11/h2-5H,1H2,(H,12,14,18). The van der Waals surface area contributed by atoms with Gasteiger partial charge in [0.2, 0.25) is 0 Å². The number of aromatic nitrogens is 4. The number of halogens is 1. The van der Waals surface area contributed by atoms with Crippen LogP contribution in [-0.2, 0) is 0 Å². The van der Waals surface area contributed by atoms with E-state index in [-0.39, 0.29) is 22.2 Å². The number of rotatable bonds is 4. The van der Waals surface area contributed by atoms with E-state index in [2.05, 4.69) is 27.3 Å². The Morgan fingerprint density at radius 3 is 2.90 bits per heavy atom. The highest BCUT2D eigenvalue weighted by atomic mass is 35.5. The SMILES string of the molecule is C=Cn1nnc(NC(=O)c2cc([N+](=O)[O-])ccc2Cl)n1. The quantitative estimate of drug-likeness (QED) is 0.676. The molecule has 1 aromatic carbocycles. The fourth-order valence-corrected chi connectivity index (χ4v) is 1.53. The smallest absolute Gasteiger partial charge is 0.270 e. The fourth-order valence-electron chi connectivity index (χ4n) is 1.32. The molecule has 0 saturated heterocycles. The van der Waals surface area contributed by atoms with Crippen molar-refractivity contribution in [1.29, 1.82) is 0 Å². The van der Waals surface area contributed by atoms with Gasteiger partial charge in [-0.1, -0.05) is 23.3 Å². The van der Waals surface area contributed by atoms with E-state index in [0.29, 0.717) is 0 Å².